The van der Waals surface area contributed by atoms with Gasteiger partial charge in [0.1, 0.15) is 27.9 Å². The molecule has 2 rings (SSSR count). The summed E-state index contributed by atoms with van der Waals surface area (Å²) >= 11 is 1.57. The third-order valence-corrected chi connectivity index (χ3v) is 7.72. The van der Waals surface area contributed by atoms with Gasteiger partial charge in [0.2, 0.25) is 0 Å². The molecular formula is C18H32N2O5SSi. The number of nitrogens with one attached hydrogen (secondary N) is 1. The molecule has 7 nitrogen and oxygen atoms in total. The second-order valence-corrected chi connectivity index (χ2v) is 10.1. The van der Waals surface area contributed by atoms with E-state index in [0.717, 1.165) is 0 Å². The zero-order chi connectivity index (χ0) is 20.8. The van der Waals surface area contributed by atoms with Gasteiger partial charge in [-0.05, 0) is 32.4 Å². The summed E-state index contributed by atoms with van der Waals surface area (Å²) in [5.41, 5.74) is -4.14. The first kappa shape index (κ1) is 22.4. The molecule has 1 fully saturated rings. The molecule has 2 heterocycles. The molecule has 0 radical (unpaired) electrons. The van der Waals surface area contributed by atoms with Crippen molar-refractivity contribution in [2.45, 2.75) is 71.0 Å². The SMILES string of the molecule is CSC[C@]1(C(C)(C)O[SiH3])O[C@@H](n2cc(C)c(=O)[nH]c2=O)C[C@@]1(O)C(C)(C)C. The van der Waals surface area contributed by atoms with E-state index in [1.54, 1.807) is 18.7 Å². The van der Waals surface area contributed by atoms with Crippen molar-refractivity contribution in [2.24, 2.45) is 5.41 Å². The quantitative estimate of drug-likeness (QED) is 0.687. The van der Waals surface area contributed by atoms with Gasteiger partial charge in [-0.15, -0.1) is 0 Å². The molecule has 1 aromatic heterocycles. The summed E-state index contributed by atoms with van der Waals surface area (Å²) in [5.74, 6) is 0.504. The van der Waals surface area contributed by atoms with Crippen LogP contribution in [-0.2, 0) is 9.16 Å². The summed E-state index contributed by atoms with van der Waals surface area (Å²) in [6.45, 7) is 11.4. The van der Waals surface area contributed by atoms with Gasteiger partial charge >= 0.3 is 5.69 Å². The van der Waals surface area contributed by atoms with Crippen LogP contribution in [0.2, 0.25) is 0 Å². The van der Waals surface area contributed by atoms with Crippen LogP contribution in [-0.4, -0.2) is 54.0 Å². The van der Waals surface area contributed by atoms with Gasteiger partial charge in [-0.2, -0.15) is 11.8 Å². The predicted octanol–water partition coefficient (Wildman–Crippen LogP) is 0.719. The Morgan fingerprint density at radius 3 is 2.48 bits per heavy atom. The Hall–Kier alpha value is -0.873. The van der Waals surface area contributed by atoms with Gasteiger partial charge < -0.3 is 14.3 Å². The second-order valence-electron chi connectivity index (χ2n) is 8.84. The third-order valence-electron chi connectivity index (χ3n) is 6.00. The van der Waals surface area contributed by atoms with Gasteiger partial charge in [0, 0.05) is 23.9 Å². The van der Waals surface area contributed by atoms with Crippen LogP contribution >= 0.6 is 11.8 Å². The molecule has 0 aromatic carbocycles. The average molecular weight is 417 g/mol. The Morgan fingerprint density at radius 1 is 1.41 bits per heavy atom. The fourth-order valence-electron chi connectivity index (χ4n) is 3.99. The zero-order valence-corrected chi connectivity index (χ0v) is 20.3. The van der Waals surface area contributed by atoms with Crippen molar-refractivity contribution in [3.8, 4) is 0 Å². The van der Waals surface area contributed by atoms with Crippen LogP contribution in [0.3, 0.4) is 0 Å². The lowest BCUT2D eigenvalue weighted by molar-refractivity contribution is -0.234. The second kappa shape index (κ2) is 7.18. The van der Waals surface area contributed by atoms with Crippen LogP contribution < -0.4 is 11.2 Å². The summed E-state index contributed by atoms with van der Waals surface area (Å²) in [6.07, 6.45) is 2.97. The summed E-state index contributed by atoms with van der Waals surface area (Å²) in [6, 6.07) is 0. The summed E-state index contributed by atoms with van der Waals surface area (Å²) in [7, 11) is 0.481. The minimum atomic E-state index is -1.26. The van der Waals surface area contributed by atoms with Crippen molar-refractivity contribution >= 4 is 22.2 Å². The standard InChI is InChI=1S/C18H32N2O5SSi/c1-11-9-20(14(22)19-13(11)21)12-8-17(23,15(2,3)4)18(24-12,10-26-7)16(5,6)25-27/h9,12,23H,8,10H2,1-7,27H3,(H,19,21,22)/t12-,17-,18-/m1/s1. The van der Waals surface area contributed by atoms with Crippen molar-refractivity contribution in [2.75, 3.05) is 12.0 Å². The lowest BCUT2D eigenvalue weighted by Gasteiger charge is -2.55. The summed E-state index contributed by atoms with van der Waals surface area (Å²) in [4.78, 5) is 26.5. The molecule has 0 bridgehead atoms. The van der Waals surface area contributed by atoms with Crippen molar-refractivity contribution in [3.63, 3.8) is 0 Å². The van der Waals surface area contributed by atoms with Gasteiger partial charge in [0.15, 0.2) is 0 Å². The first-order valence-corrected chi connectivity index (χ1v) is 11.2. The van der Waals surface area contributed by atoms with E-state index >= 15 is 0 Å². The van der Waals surface area contributed by atoms with Crippen molar-refractivity contribution in [3.05, 3.63) is 32.6 Å². The Bertz CT molecular complexity index is 815. The van der Waals surface area contributed by atoms with Gasteiger partial charge in [-0.3, -0.25) is 14.3 Å². The van der Waals surface area contributed by atoms with Crippen LogP contribution in [0.4, 0.5) is 0 Å². The maximum absolute atomic E-state index is 12.4. The molecule has 1 aliphatic heterocycles. The van der Waals surface area contributed by atoms with Gasteiger partial charge in [-0.25, -0.2) is 4.79 Å². The van der Waals surface area contributed by atoms with Gasteiger partial charge in [0.05, 0.1) is 5.60 Å². The highest BCUT2D eigenvalue weighted by atomic mass is 32.2. The summed E-state index contributed by atoms with van der Waals surface area (Å²) < 4.78 is 13.8. The van der Waals surface area contributed by atoms with Crippen molar-refractivity contribution in [1.82, 2.24) is 9.55 Å². The molecule has 9 heteroatoms. The Labute approximate surface area is 167 Å². The average Bonchev–Trinajstić information content (AvgIpc) is 2.86. The molecule has 1 aromatic rings. The molecule has 0 unspecified atom stereocenters. The molecule has 1 aliphatic rings. The van der Waals surface area contributed by atoms with E-state index < -0.39 is 39.7 Å². The van der Waals surface area contributed by atoms with Crippen molar-refractivity contribution < 1.29 is 14.3 Å². The minimum absolute atomic E-state index is 0.219. The third kappa shape index (κ3) is 3.37. The normalized spacial score (nSPS) is 29.4. The molecule has 1 saturated heterocycles. The van der Waals surface area contributed by atoms with Crippen LogP contribution in [0.15, 0.2) is 15.8 Å². The Kier molecular flexibility index (Phi) is 5.96. The van der Waals surface area contributed by atoms with E-state index in [9.17, 15) is 14.7 Å². The highest BCUT2D eigenvalue weighted by molar-refractivity contribution is 7.98. The monoisotopic (exact) mass is 416 g/mol. The molecule has 0 aliphatic carbocycles. The molecule has 27 heavy (non-hydrogen) atoms. The number of H-pyrrole nitrogens is 1. The molecule has 3 atom stereocenters. The lowest BCUT2D eigenvalue weighted by Crippen LogP contribution is -2.70. The number of nitrogens with zero attached hydrogens (tertiary/aromatic N) is 1. The van der Waals surface area contributed by atoms with Crippen molar-refractivity contribution in [1.29, 1.82) is 0 Å². The number of aryl methyl sites for hydroxylation is 1. The van der Waals surface area contributed by atoms with E-state index in [4.69, 9.17) is 9.16 Å². The van der Waals surface area contributed by atoms with E-state index in [-0.39, 0.29) is 6.42 Å². The minimum Gasteiger partial charge on any atom is -0.420 e. The van der Waals surface area contributed by atoms with Gasteiger partial charge in [0.25, 0.3) is 5.56 Å². The van der Waals surface area contributed by atoms with E-state index in [0.29, 0.717) is 21.8 Å². The lowest BCUT2D eigenvalue weighted by atomic mass is 9.61. The fourth-order valence-corrected chi connectivity index (χ4v) is 5.38. The van der Waals surface area contributed by atoms with E-state index in [1.165, 1.54) is 10.8 Å². The number of hydrogen-bond donors (Lipinski definition) is 2. The molecule has 0 spiro atoms. The smallest absolute Gasteiger partial charge is 0.330 e. The summed E-state index contributed by atoms with van der Waals surface area (Å²) in [5, 5.41) is 12.0. The first-order valence-electron chi connectivity index (χ1n) is 9.03. The topological polar surface area (TPSA) is 93.5 Å². The number of ether oxygens (including phenoxy) is 1. The molecule has 0 amide bonds. The Morgan fingerprint density at radius 2 is 2.00 bits per heavy atom. The van der Waals surface area contributed by atoms with E-state index in [1.807, 2.05) is 40.9 Å². The maximum Gasteiger partial charge on any atom is 0.330 e. The zero-order valence-electron chi connectivity index (χ0n) is 17.5. The number of hydrogen-bond acceptors (Lipinski definition) is 6. The molecule has 154 valence electrons. The number of aromatic amines is 1. The van der Waals surface area contributed by atoms with Crippen LogP contribution in [0.5, 0.6) is 0 Å². The molecule has 0 saturated carbocycles. The molecule has 2 N–H and O–H groups in total. The van der Waals surface area contributed by atoms with Crippen LogP contribution in [0, 0.1) is 12.3 Å². The fraction of sp³-hybridized carbons (Fsp3) is 0.778. The van der Waals surface area contributed by atoms with E-state index in [2.05, 4.69) is 4.98 Å². The number of thioether (sulfide) groups is 1. The van der Waals surface area contributed by atoms with Crippen LogP contribution in [0.25, 0.3) is 0 Å². The first-order chi connectivity index (χ1) is 12.3. The number of rotatable bonds is 5. The maximum atomic E-state index is 12.4. The van der Waals surface area contributed by atoms with Crippen LogP contribution in [0.1, 0.15) is 52.8 Å². The predicted molar refractivity (Wildman–Crippen MR) is 111 cm³/mol. The molecular weight excluding hydrogens is 384 g/mol. The highest BCUT2D eigenvalue weighted by Gasteiger charge is 2.70. The van der Waals surface area contributed by atoms with Gasteiger partial charge in [-0.1, -0.05) is 20.8 Å². The Balaban J connectivity index is 2.71. The largest absolute Gasteiger partial charge is 0.420 e. The number of aliphatic hydroxyl groups is 1. The highest BCUT2D eigenvalue weighted by Crippen LogP contribution is 2.58. The number of aromatic nitrogens is 2.